The second-order valence-corrected chi connectivity index (χ2v) is 5.88. The highest BCUT2D eigenvalue weighted by Crippen LogP contribution is 2.22. The molecular weight excluding hydrogens is 224 g/mol. The minimum atomic E-state index is -0.372. The summed E-state index contributed by atoms with van der Waals surface area (Å²) in [6.07, 6.45) is 2.35. The van der Waals surface area contributed by atoms with Gasteiger partial charge in [0.1, 0.15) is 0 Å². The van der Waals surface area contributed by atoms with Crippen molar-refractivity contribution in [3.63, 3.8) is 0 Å². The van der Waals surface area contributed by atoms with E-state index in [0.717, 1.165) is 19.5 Å². The molecule has 0 aromatic heterocycles. The Morgan fingerprint density at radius 3 is 2.44 bits per heavy atom. The highest BCUT2D eigenvalue weighted by molar-refractivity contribution is 5.85. The van der Waals surface area contributed by atoms with Crippen molar-refractivity contribution in [1.29, 1.82) is 0 Å². The second kappa shape index (κ2) is 5.87. The van der Waals surface area contributed by atoms with Gasteiger partial charge in [-0.1, -0.05) is 27.7 Å². The molecule has 96 valence electrons. The summed E-state index contributed by atoms with van der Waals surface area (Å²) in [4.78, 5) is 14.0. The van der Waals surface area contributed by atoms with Gasteiger partial charge in [0.25, 0.3) is 0 Å². The van der Waals surface area contributed by atoms with Crippen molar-refractivity contribution in [2.24, 2.45) is 17.1 Å². The second-order valence-electron chi connectivity index (χ2n) is 5.88. The Kier molecular flexibility index (Phi) is 5.77. The fourth-order valence-electron chi connectivity index (χ4n) is 1.96. The van der Waals surface area contributed by atoms with Crippen molar-refractivity contribution in [2.75, 3.05) is 13.1 Å². The molecule has 0 aromatic rings. The quantitative estimate of drug-likeness (QED) is 0.772. The fraction of sp³-hybridized carbons (Fsp3) is 0.917. The van der Waals surface area contributed by atoms with Crippen LogP contribution < -0.4 is 5.73 Å². The third-order valence-corrected chi connectivity index (χ3v) is 3.17. The number of hydrogen-bond acceptors (Lipinski definition) is 2. The fourth-order valence-corrected chi connectivity index (χ4v) is 1.96. The van der Waals surface area contributed by atoms with Crippen LogP contribution in [0, 0.1) is 11.3 Å². The van der Waals surface area contributed by atoms with Crippen LogP contribution >= 0.6 is 12.4 Å². The van der Waals surface area contributed by atoms with E-state index in [1.807, 2.05) is 25.7 Å². The lowest BCUT2D eigenvalue weighted by Gasteiger charge is -2.36. The molecule has 16 heavy (non-hydrogen) atoms. The smallest absolute Gasteiger partial charge is 0.240 e. The Morgan fingerprint density at radius 2 is 2.00 bits per heavy atom. The van der Waals surface area contributed by atoms with Crippen molar-refractivity contribution in [3.05, 3.63) is 0 Å². The van der Waals surface area contributed by atoms with Crippen LogP contribution in [0.25, 0.3) is 0 Å². The van der Waals surface area contributed by atoms with Gasteiger partial charge in [-0.05, 0) is 24.2 Å². The molecule has 0 aliphatic carbocycles. The highest BCUT2D eigenvalue weighted by atomic mass is 35.5. The topological polar surface area (TPSA) is 46.3 Å². The van der Waals surface area contributed by atoms with Crippen LogP contribution in [-0.2, 0) is 4.79 Å². The SMILES string of the molecule is CC1CCCN(C(=O)[C@@H](N)C(C)(C)C)C1.Cl. The van der Waals surface area contributed by atoms with Crippen LogP contribution in [0.1, 0.15) is 40.5 Å². The lowest BCUT2D eigenvalue weighted by atomic mass is 9.86. The number of nitrogens with two attached hydrogens (primary N) is 1. The molecule has 0 radical (unpaired) electrons. The molecule has 1 amide bonds. The number of nitrogens with zero attached hydrogens (tertiary/aromatic N) is 1. The molecule has 2 N–H and O–H groups in total. The van der Waals surface area contributed by atoms with Gasteiger partial charge in [0.2, 0.25) is 5.91 Å². The van der Waals surface area contributed by atoms with Crippen LogP contribution in [0.3, 0.4) is 0 Å². The standard InChI is InChI=1S/C12H24N2O.ClH/c1-9-6-5-7-14(8-9)11(15)10(13)12(2,3)4;/h9-10H,5-8,13H2,1-4H3;1H/t9?,10-;/m1./s1. The minimum Gasteiger partial charge on any atom is -0.341 e. The van der Waals surface area contributed by atoms with Gasteiger partial charge in [-0.15, -0.1) is 12.4 Å². The number of rotatable bonds is 1. The van der Waals surface area contributed by atoms with E-state index in [2.05, 4.69) is 6.92 Å². The molecule has 1 rings (SSSR count). The Balaban J connectivity index is 0.00000225. The maximum Gasteiger partial charge on any atom is 0.240 e. The first kappa shape index (κ1) is 15.7. The molecule has 1 unspecified atom stereocenters. The van der Waals surface area contributed by atoms with Crippen molar-refractivity contribution < 1.29 is 4.79 Å². The zero-order valence-electron chi connectivity index (χ0n) is 10.8. The molecular formula is C12H25ClN2O. The summed E-state index contributed by atoms with van der Waals surface area (Å²) in [5.41, 5.74) is 5.84. The van der Waals surface area contributed by atoms with Gasteiger partial charge in [-0.25, -0.2) is 0 Å². The van der Waals surface area contributed by atoms with Crippen molar-refractivity contribution in [3.8, 4) is 0 Å². The summed E-state index contributed by atoms with van der Waals surface area (Å²) < 4.78 is 0. The van der Waals surface area contributed by atoms with Gasteiger partial charge in [0, 0.05) is 13.1 Å². The number of halogens is 1. The van der Waals surface area contributed by atoms with E-state index in [9.17, 15) is 4.79 Å². The molecule has 1 fully saturated rings. The maximum atomic E-state index is 12.1. The molecule has 3 nitrogen and oxygen atoms in total. The van der Waals surface area contributed by atoms with E-state index < -0.39 is 0 Å². The van der Waals surface area contributed by atoms with Crippen LogP contribution in [0.15, 0.2) is 0 Å². The van der Waals surface area contributed by atoms with Gasteiger partial charge in [-0.3, -0.25) is 4.79 Å². The van der Waals surface area contributed by atoms with Crippen LogP contribution in [-0.4, -0.2) is 29.9 Å². The summed E-state index contributed by atoms with van der Waals surface area (Å²) in [5, 5.41) is 0. The molecule has 2 atom stereocenters. The highest BCUT2D eigenvalue weighted by Gasteiger charge is 2.32. The van der Waals surface area contributed by atoms with Gasteiger partial charge in [0.15, 0.2) is 0 Å². The van der Waals surface area contributed by atoms with E-state index in [-0.39, 0.29) is 29.8 Å². The molecule has 0 bridgehead atoms. The third-order valence-electron chi connectivity index (χ3n) is 3.17. The van der Waals surface area contributed by atoms with Gasteiger partial charge < -0.3 is 10.6 Å². The summed E-state index contributed by atoms with van der Waals surface area (Å²) in [5.74, 6) is 0.740. The Labute approximate surface area is 105 Å². The zero-order valence-corrected chi connectivity index (χ0v) is 11.6. The van der Waals surface area contributed by atoms with Crippen molar-refractivity contribution >= 4 is 18.3 Å². The average Bonchev–Trinajstić information content (AvgIpc) is 2.14. The normalized spacial score (nSPS) is 23.6. The van der Waals surface area contributed by atoms with Crippen LogP contribution in [0.5, 0.6) is 0 Å². The van der Waals surface area contributed by atoms with E-state index in [1.54, 1.807) is 0 Å². The largest absolute Gasteiger partial charge is 0.341 e. The van der Waals surface area contributed by atoms with Crippen molar-refractivity contribution in [2.45, 2.75) is 46.6 Å². The monoisotopic (exact) mass is 248 g/mol. The van der Waals surface area contributed by atoms with E-state index >= 15 is 0 Å². The molecule has 0 spiro atoms. The maximum absolute atomic E-state index is 12.1. The lowest BCUT2D eigenvalue weighted by Crippen LogP contribution is -2.52. The molecule has 1 aliphatic heterocycles. The lowest BCUT2D eigenvalue weighted by molar-refractivity contribution is -0.136. The summed E-state index contributed by atoms with van der Waals surface area (Å²) in [6.45, 7) is 10.0. The van der Waals surface area contributed by atoms with E-state index in [1.165, 1.54) is 6.42 Å². The third kappa shape index (κ3) is 3.95. The average molecular weight is 249 g/mol. The van der Waals surface area contributed by atoms with Gasteiger partial charge >= 0.3 is 0 Å². The predicted octanol–water partition coefficient (Wildman–Crippen LogP) is 2.04. The number of hydrogen-bond donors (Lipinski definition) is 1. The number of carbonyl (C=O) groups is 1. The number of amides is 1. The first-order valence-electron chi connectivity index (χ1n) is 5.86. The zero-order chi connectivity index (χ0) is 11.6. The minimum absolute atomic E-state index is 0. The predicted molar refractivity (Wildman–Crippen MR) is 69.7 cm³/mol. The Bertz CT molecular complexity index is 238. The van der Waals surface area contributed by atoms with E-state index in [0.29, 0.717) is 5.92 Å². The van der Waals surface area contributed by atoms with Crippen molar-refractivity contribution in [1.82, 2.24) is 4.90 Å². The Morgan fingerprint density at radius 1 is 1.44 bits per heavy atom. The summed E-state index contributed by atoms with van der Waals surface area (Å²) in [7, 11) is 0. The summed E-state index contributed by atoms with van der Waals surface area (Å²) >= 11 is 0. The number of likely N-dealkylation sites (tertiary alicyclic amines) is 1. The molecule has 0 aromatic carbocycles. The van der Waals surface area contributed by atoms with E-state index in [4.69, 9.17) is 5.73 Å². The van der Waals surface area contributed by atoms with Crippen LogP contribution in [0.2, 0.25) is 0 Å². The Hall–Kier alpha value is -0.280. The molecule has 1 heterocycles. The summed E-state index contributed by atoms with van der Waals surface area (Å²) in [6, 6.07) is -0.372. The van der Waals surface area contributed by atoms with Gasteiger partial charge in [0.05, 0.1) is 6.04 Å². The molecule has 0 saturated carbocycles. The molecule has 4 heteroatoms. The molecule has 1 saturated heterocycles. The van der Waals surface area contributed by atoms with Crippen LogP contribution in [0.4, 0.5) is 0 Å². The van der Waals surface area contributed by atoms with Gasteiger partial charge in [-0.2, -0.15) is 0 Å². The number of piperidine rings is 1. The molecule has 1 aliphatic rings. The first-order valence-corrected chi connectivity index (χ1v) is 5.86. The first-order chi connectivity index (χ1) is 6.82. The number of carbonyl (C=O) groups excluding carboxylic acids is 1.